The normalized spacial score (nSPS) is 12.8. The Labute approximate surface area is 139 Å². The van der Waals surface area contributed by atoms with Crippen molar-refractivity contribution in [1.29, 1.82) is 0 Å². The predicted molar refractivity (Wildman–Crippen MR) is 94.2 cm³/mol. The van der Waals surface area contributed by atoms with Crippen LogP contribution < -0.4 is 0 Å². The van der Waals surface area contributed by atoms with Crippen molar-refractivity contribution in [3.63, 3.8) is 0 Å². The van der Waals surface area contributed by atoms with Gasteiger partial charge in [-0.25, -0.2) is 0 Å². The molecule has 2 aromatic rings. The largest absolute Gasteiger partial charge is 0.392 e. The quantitative estimate of drug-likeness (QED) is 0.812. The van der Waals surface area contributed by atoms with Crippen molar-refractivity contribution in [3.05, 3.63) is 52.8 Å². The number of aryl methyl sites for hydroxylation is 2. The van der Waals surface area contributed by atoms with Gasteiger partial charge < -0.3 is 5.11 Å². The molecule has 0 aliphatic carbocycles. The summed E-state index contributed by atoms with van der Waals surface area (Å²) < 4.78 is 2.06. The minimum Gasteiger partial charge on any atom is -0.392 e. The third kappa shape index (κ3) is 4.66. The van der Waals surface area contributed by atoms with Gasteiger partial charge in [-0.05, 0) is 32.8 Å². The molecule has 4 heteroatoms. The van der Waals surface area contributed by atoms with Crippen LogP contribution in [0.5, 0.6) is 0 Å². The molecule has 1 heterocycles. The van der Waals surface area contributed by atoms with Gasteiger partial charge in [0.2, 0.25) is 0 Å². The second kappa shape index (κ2) is 8.27. The van der Waals surface area contributed by atoms with Crippen molar-refractivity contribution in [2.75, 3.05) is 6.54 Å². The summed E-state index contributed by atoms with van der Waals surface area (Å²) in [4.78, 5) is 2.32. The van der Waals surface area contributed by atoms with E-state index in [9.17, 15) is 5.11 Å². The average Bonchev–Trinajstić information content (AvgIpc) is 2.83. The molecular formula is C19H29N3O. The molecule has 23 heavy (non-hydrogen) atoms. The lowest BCUT2D eigenvalue weighted by Gasteiger charge is -2.25. The smallest absolute Gasteiger partial charge is 0.0664 e. The number of aliphatic hydroxyl groups excluding tert-OH is 1. The molecule has 1 aromatic heterocycles. The maximum absolute atomic E-state index is 10.1. The van der Waals surface area contributed by atoms with Crippen molar-refractivity contribution < 1.29 is 5.11 Å². The standard InChI is InChI=1S/C19H29N3O/c1-5-18(23)13-21(12-17-10-8-7-9-11-17)14-19-15(3)20-22(6-2)16(19)4/h7-11,18,23H,5-6,12-14H2,1-4H3. The Morgan fingerprint density at radius 2 is 1.83 bits per heavy atom. The molecule has 2 rings (SSSR count). The maximum Gasteiger partial charge on any atom is 0.0664 e. The molecule has 0 radical (unpaired) electrons. The first-order valence-electron chi connectivity index (χ1n) is 8.52. The van der Waals surface area contributed by atoms with Crippen LogP contribution in [0.1, 0.15) is 42.8 Å². The molecule has 1 unspecified atom stereocenters. The number of nitrogens with zero attached hydrogens (tertiary/aromatic N) is 3. The first kappa shape index (κ1) is 17.7. The van der Waals surface area contributed by atoms with Crippen LogP contribution in [0.4, 0.5) is 0 Å². The van der Waals surface area contributed by atoms with E-state index < -0.39 is 0 Å². The molecule has 0 saturated heterocycles. The molecule has 0 saturated carbocycles. The van der Waals surface area contributed by atoms with Gasteiger partial charge in [-0.15, -0.1) is 0 Å². The Hall–Kier alpha value is -1.65. The third-order valence-electron chi connectivity index (χ3n) is 4.40. The van der Waals surface area contributed by atoms with Crippen LogP contribution in [0.3, 0.4) is 0 Å². The number of hydrogen-bond donors (Lipinski definition) is 1. The maximum atomic E-state index is 10.1. The Morgan fingerprint density at radius 1 is 1.13 bits per heavy atom. The van der Waals surface area contributed by atoms with Crippen LogP contribution in [0.15, 0.2) is 30.3 Å². The van der Waals surface area contributed by atoms with E-state index in [0.29, 0.717) is 6.54 Å². The fourth-order valence-electron chi connectivity index (χ4n) is 2.95. The number of benzene rings is 1. The summed E-state index contributed by atoms with van der Waals surface area (Å²) in [6, 6.07) is 10.4. The molecule has 0 bridgehead atoms. The highest BCUT2D eigenvalue weighted by Crippen LogP contribution is 2.18. The first-order chi connectivity index (χ1) is 11.0. The third-order valence-corrected chi connectivity index (χ3v) is 4.40. The van der Waals surface area contributed by atoms with E-state index in [1.54, 1.807) is 0 Å². The van der Waals surface area contributed by atoms with Gasteiger partial charge in [0.25, 0.3) is 0 Å². The van der Waals surface area contributed by atoms with Crippen LogP contribution in [-0.2, 0) is 19.6 Å². The lowest BCUT2D eigenvalue weighted by Crippen LogP contribution is -2.31. The van der Waals surface area contributed by atoms with Crippen molar-refractivity contribution in [2.24, 2.45) is 0 Å². The van der Waals surface area contributed by atoms with E-state index in [4.69, 9.17) is 0 Å². The minimum absolute atomic E-state index is 0.291. The molecule has 0 amide bonds. The summed E-state index contributed by atoms with van der Waals surface area (Å²) in [5, 5.41) is 14.7. The fraction of sp³-hybridized carbons (Fsp3) is 0.526. The van der Waals surface area contributed by atoms with E-state index in [-0.39, 0.29) is 6.10 Å². The molecule has 1 N–H and O–H groups in total. The lowest BCUT2D eigenvalue weighted by atomic mass is 10.1. The van der Waals surface area contributed by atoms with Crippen LogP contribution in [0.25, 0.3) is 0 Å². The molecule has 1 atom stereocenters. The molecule has 4 nitrogen and oxygen atoms in total. The van der Waals surface area contributed by atoms with Gasteiger partial charge in [0.15, 0.2) is 0 Å². The summed E-state index contributed by atoms with van der Waals surface area (Å²) >= 11 is 0. The fourth-order valence-corrected chi connectivity index (χ4v) is 2.95. The van der Waals surface area contributed by atoms with Crippen LogP contribution >= 0.6 is 0 Å². The highest BCUT2D eigenvalue weighted by molar-refractivity contribution is 5.25. The summed E-state index contributed by atoms with van der Waals surface area (Å²) in [6.07, 6.45) is 0.484. The zero-order chi connectivity index (χ0) is 16.8. The van der Waals surface area contributed by atoms with Crippen LogP contribution in [0.2, 0.25) is 0 Å². The van der Waals surface area contributed by atoms with E-state index in [1.807, 2.05) is 13.0 Å². The Kier molecular flexibility index (Phi) is 6.37. The van der Waals surface area contributed by atoms with E-state index in [1.165, 1.54) is 16.8 Å². The Balaban J connectivity index is 2.18. The van der Waals surface area contributed by atoms with Gasteiger partial charge in [-0.2, -0.15) is 5.10 Å². The number of aromatic nitrogens is 2. The molecular weight excluding hydrogens is 286 g/mol. The van der Waals surface area contributed by atoms with Gasteiger partial charge in [-0.1, -0.05) is 37.3 Å². The molecule has 1 aromatic carbocycles. The second-order valence-corrected chi connectivity index (χ2v) is 6.18. The highest BCUT2D eigenvalue weighted by Gasteiger charge is 2.17. The molecule has 126 valence electrons. The summed E-state index contributed by atoms with van der Waals surface area (Å²) in [6.45, 7) is 11.6. The molecule has 0 aliphatic rings. The van der Waals surface area contributed by atoms with Gasteiger partial charge in [0, 0.05) is 37.4 Å². The molecule has 0 aliphatic heterocycles. The zero-order valence-electron chi connectivity index (χ0n) is 14.8. The Bertz CT molecular complexity index is 607. The van der Waals surface area contributed by atoms with Gasteiger partial charge in [-0.3, -0.25) is 9.58 Å². The van der Waals surface area contributed by atoms with Crippen molar-refractivity contribution in [3.8, 4) is 0 Å². The van der Waals surface area contributed by atoms with Crippen molar-refractivity contribution >= 4 is 0 Å². The van der Waals surface area contributed by atoms with E-state index in [0.717, 1.165) is 31.7 Å². The van der Waals surface area contributed by atoms with Crippen molar-refractivity contribution in [2.45, 2.75) is 59.9 Å². The average molecular weight is 315 g/mol. The minimum atomic E-state index is -0.291. The number of rotatable bonds is 8. The predicted octanol–water partition coefficient (Wildman–Crippen LogP) is 3.29. The van der Waals surface area contributed by atoms with E-state index in [2.05, 4.69) is 59.7 Å². The summed E-state index contributed by atoms with van der Waals surface area (Å²) in [5.41, 5.74) is 4.88. The summed E-state index contributed by atoms with van der Waals surface area (Å²) in [7, 11) is 0. The van der Waals surface area contributed by atoms with Gasteiger partial charge in [0.1, 0.15) is 0 Å². The van der Waals surface area contributed by atoms with Crippen LogP contribution in [-0.4, -0.2) is 32.4 Å². The lowest BCUT2D eigenvalue weighted by molar-refractivity contribution is 0.101. The highest BCUT2D eigenvalue weighted by atomic mass is 16.3. The number of hydrogen-bond acceptors (Lipinski definition) is 3. The first-order valence-corrected chi connectivity index (χ1v) is 8.52. The van der Waals surface area contributed by atoms with E-state index >= 15 is 0 Å². The van der Waals surface area contributed by atoms with Crippen LogP contribution in [0, 0.1) is 13.8 Å². The molecule has 0 spiro atoms. The molecule has 0 fully saturated rings. The van der Waals surface area contributed by atoms with Gasteiger partial charge >= 0.3 is 0 Å². The zero-order valence-corrected chi connectivity index (χ0v) is 14.8. The monoisotopic (exact) mass is 315 g/mol. The van der Waals surface area contributed by atoms with Gasteiger partial charge in [0.05, 0.1) is 11.8 Å². The summed E-state index contributed by atoms with van der Waals surface area (Å²) in [5.74, 6) is 0. The van der Waals surface area contributed by atoms with Crippen molar-refractivity contribution in [1.82, 2.24) is 14.7 Å². The Morgan fingerprint density at radius 3 is 2.39 bits per heavy atom. The topological polar surface area (TPSA) is 41.3 Å². The SMILES string of the molecule is CCC(O)CN(Cc1ccccc1)Cc1c(C)nn(CC)c1C. The number of aliphatic hydroxyl groups is 1. The second-order valence-electron chi connectivity index (χ2n) is 6.18.